The molecule has 0 spiro atoms. The molecule has 0 bridgehead atoms. The maximum atomic E-state index is 14.0. The van der Waals surface area contributed by atoms with Gasteiger partial charge in [-0.1, -0.05) is 23.8 Å². The Morgan fingerprint density at radius 1 is 1.15 bits per heavy atom. The maximum absolute atomic E-state index is 14.0. The van der Waals surface area contributed by atoms with Gasteiger partial charge in [0, 0.05) is 23.9 Å². The van der Waals surface area contributed by atoms with E-state index in [9.17, 15) is 9.50 Å². The van der Waals surface area contributed by atoms with Crippen LogP contribution in [0.2, 0.25) is 0 Å². The van der Waals surface area contributed by atoms with E-state index in [0.29, 0.717) is 5.56 Å². The second kappa shape index (κ2) is 5.95. The summed E-state index contributed by atoms with van der Waals surface area (Å²) >= 11 is 0. The summed E-state index contributed by atoms with van der Waals surface area (Å²) in [6.45, 7) is 6.85. The minimum absolute atomic E-state index is 0.0446. The normalized spacial score (nSPS) is 12.2. The Hall–Kier alpha value is -2.03. The van der Waals surface area contributed by atoms with Gasteiger partial charge in [0.2, 0.25) is 0 Å². The second-order valence-electron chi connectivity index (χ2n) is 5.00. The molecule has 0 radical (unpaired) electrons. The van der Waals surface area contributed by atoms with E-state index in [1.54, 1.807) is 6.07 Å². The molecule has 0 heterocycles. The number of benzene rings is 2. The topological polar surface area (TPSA) is 23.5 Å². The van der Waals surface area contributed by atoms with E-state index < -0.39 is 0 Å². The maximum Gasteiger partial charge on any atom is 0.132 e. The molecule has 0 saturated heterocycles. The fourth-order valence-corrected chi connectivity index (χ4v) is 2.44. The molecule has 2 rings (SSSR count). The zero-order valence-electron chi connectivity index (χ0n) is 12.1. The van der Waals surface area contributed by atoms with E-state index in [1.165, 1.54) is 11.6 Å². The first-order chi connectivity index (χ1) is 9.52. The Labute approximate surface area is 119 Å². The van der Waals surface area contributed by atoms with Gasteiger partial charge in [-0.15, -0.1) is 0 Å². The summed E-state index contributed by atoms with van der Waals surface area (Å²) in [5.41, 5.74) is 2.86. The highest BCUT2D eigenvalue weighted by atomic mass is 19.1. The quantitative estimate of drug-likeness (QED) is 0.891. The number of nitrogens with zero attached hydrogens (tertiary/aromatic N) is 1. The molecule has 1 unspecified atom stereocenters. The average molecular weight is 273 g/mol. The van der Waals surface area contributed by atoms with Gasteiger partial charge in [-0.25, -0.2) is 4.39 Å². The summed E-state index contributed by atoms with van der Waals surface area (Å²) in [5, 5.41) is 9.31. The van der Waals surface area contributed by atoms with Crippen LogP contribution in [0.4, 0.5) is 10.1 Å². The summed E-state index contributed by atoms with van der Waals surface area (Å²) in [6.07, 6.45) is 0. The summed E-state index contributed by atoms with van der Waals surface area (Å²) < 4.78 is 14.0. The lowest BCUT2D eigenvalue weighted by molar-refractivity contribution is 0.466. The van der Waals surface area contributed by atoms with E-state index in [2.05, 4.69) is 24.0 Å². The Balaban J connectivity index is 2.33. The molecule has 0 amide bonds. The summed E-state index contributed by atoms with van der Waals surface area (Å²) in [7, 11) is 0. The van der Waals surface area contributed by atoms with Crippen molar-refractivity contribution in [1.29, 1.82) is 0 Å². The third-order valence-corrected chi connectivity index (χ3v) is 3.61. The van der Waals surface area contributed by atoms with Crippen molar-refractivity contribution in [3.8, 4) is 5.75 Å². The molecule has 0 fully saturated rings. The number of aryl methyl sites for hydroxylation is 1. The first-order valence-corrected chi connectivity index (χ1v) is 6.84. The number of phenolic OH excluding ortho intramolecular Hbond substituents is 1. The van der Waals surface area contributed by atoms with Crippen molar-refractivity contribution in [1.82, 2.24) is 0 Å². The summed E-state index contributed by atoms with van der Waals surface area (Å²) in [4.78, 5) is 2.13. The highest BCUT2D eigenvalue weighted by Gasteiger charge is 2.18. The smallest absolute Gasteiger partial charge is 0.132 e. The molecule has 2 aromatic carbocycles. The van der Waals surface area contributed by atoms with Crippen LogP contribution >= 0.6 is 0 Å². The molecule has 106 valence electrons. The molecule has 0 aliphatic rings. The van der Waals surface area contributed by atoms with Crippen molar-refractivity contribution in [2.75, 3.05) is 11.4 Å². The van der Waals surface area contributed by atoms with Crippen LogP contribution in [0.5, 0.6) is 5.75 Å². The Kier molecular flexibility index (Phi) is 4.28. The molecular weight excluding hydrogens is 253 g/mol. The van der Waals surface area contributed by atoms with E-state index in [-0.39, 0.29) is 17.6 Å². The summed E-state index contributed by atoms with van der Waals surface area (Å²) in [5.74, 6) is -0.417. The van der Waals surface area contributed by atoms with Gasteiger partial charge in [-0.3, -0.25) is 0 Å². The van der Waals surface area contributed by atoms with Crippen molar-refractivity contribution < 1.29 is 9.50 Å². The minimum atomic E-state index is -0.372. The Bertz CT molecular complexity index is 580. The van der Waals surface area contributed by atoms with Gasteiger partial charge in [-0.2, -0.15) is 0 Å². The van der Waals surface area contributed by atoms with Crippen molar-refractivity contribution in [2.24, 2.45) is 0 Å². The third-order valence-electron chi connectivity index (χ3n) is 3.61. The number of phenols is 1. The van der Waals surface area contributed by atoms with E-state index >= 15 is 0 Å². The SMILES string of the molecule is CCN(c1ccc(C)cc1)C(C)c1ccc(O)cc1F. The second-order valence-corrected chi connectivity index (χ2v) is 5.00. The first kappa shape index (κ1) is 14.4. The van der Waals surface area contributed by atoms with Gasteiger partial charge in [0.1, 0.15) is 11.6 Å². The molecule has 0 aromatic heterocycles. The van der Waals surface area contributed by atoms with Crippen LogP contribution in [0, 0.1) is 12.7 Å². The number of hydrogen-bond acceptors (Lipinski definition) is 2. The molecule has 1 N–H and O–H groups in total. The standard InChI is InChI=1S/C17H20FNO/c1-4-19(14-7-5-12(2)6-8-14)13(3)16-10-9-15(20)11-17(16)18/h5-11,13,20H,4H2,1-3H3. The zero-order valence-corrected chi connectivity index (χ0v) is 12.1. The van der Waals surface area contributed by atoms with Crippen LogP contribution in [0.1, 0.15) is 31.0 Å². The Morgan fingerprint density at radius 3 is 2.35 bits per heavy atom. The van der Waals surface area contributed by atoms with Crippen LogP contribution in [0.25, 0.3) is 0 Å². The predicted molar refractivity (Wildman–Crippen MR) is 80.7 cm³/mol. The van der Waals surface area contributed by atoms with E-state index in [4.69, 9.17) is 0 Å². The van der Waals surface area contributed by atoms with Crippen LogP contribution < -0.4 is 4.90 Å². The van der Waals surface area contributed by atoms with Crippen LogP contribution in [0.3, 0.4) is 0 Å². The average Bonchev–Trinajstić information content (AvgIpc) is 2.41. The van der Waals surface area contributed by atoms with Crippen LogP contribution in [0.15, 0.2) is 42.5 Å². The van der Waals surface area contributed by atoms with Gasteiger partial charge in [0.15, 0.2) is 0 Å². The largest absolute Gasteiger partial charge is 0.508 e. The van der Waals surface area contributed by atoms with Crippen LogP contribution in [-0.2, 0) is 0 Å². The molecule has 1 atom stereocenters. The predicted octanol–water partition coefficient (Wildman–Crippen LogP) is 4.43. The molecule has 20 heavy (non-hydrogen) atoms. The molecule has 0 aliphatic carbocycles. The number of rotatable bonds is 4. The van der Waals surface area contributed by atoms with Gasteiger partial charge >= 0.3 is 0 Å². The lowest BCUT2D eigenvalue weighted by Crippen LogP contribution is -2.27. The lowest BCUT2D eigenvalue weighted by atomic mass is 10.0. The number of halogens is 1. The zero-order chi connectivity index (χ0) is 14.7. The van der Waals surface area contributed by atoms with Gasteiger partial charge in [-0.05, 0) is 39.0 Å². The number of anilines is 1. The molecule has 3 heteroatoms. The summed E-state index contributed by atoms with van der Waals surface area (Å²) in [6, 6.07) is 12.4. The molecule has 0 saturated carbocycles. The van der Waals surface area contributed by atoms with Crippen molar-refractivity contribution in [2.45, 2.75) is 26.8 Å². The highest BCUT2D eigenvalue weighted by Crippen LogP contribution is 2.29. The monoisotopic (exact) mass is 273 g/mol. The Morgan fingerprint density at radius 2 is 1.80 bits per heavy atom. The molecule has 2 aromatic rings. The number of hydrogen-bond donors (Lipinski definition) is 1. The first-order valence-electron chi connectivity index (χ1n) is 6.84. The van der Waals surface area contributed by atoms with Gasteiger partial charge in [0.05, 0.1) is 6.04 Å². The van der Waals surface area contributed by atoms with Gasteiger partial charge < -0.3 is 10.0 Å². The fourth-order valence-electron chi connectivity index (χ4n) is 2.44. The fraction of sp³-hybridized carbons (Fsp3) is 0.294. The molecule has 2 nitrogen and oxygen atoms in total. The van der Waals surface area contributed by atoms with Crippen molar-refractivity contribution in [3.63, 3.8) is 0 Å². The van der Waals surface area contributed by atoms with Gasteiger partial charge in [0.25, 0.3) is 0 Å². The van der Waals surface area contributed by atoms with Crippen molar-refractivity contribution in [3.05, 3.63) is 59.4 Å². The van der Waals surface area contributed by atoms with E-state index in [1.807, 2.05) is 26.0 Å². The van der Waals surface area contributed by atoms with E-state index in [0.717, 1.165) is 18.3 Å². The highest BCUT2D eigenvalue weighted by molar-refractivity contribution is 5.50. The number of aromatic hydroxyl groups is 1. The minimum Gasteiger partial charge on any atom is -0.508 e. The van der Waals surface area contributed by atoms with Crippen LogP contribution in [-0.4, -0.2) is 11.7 Å². The molecule has 0 aliphatic heterocycles. The third kappa shape index (κ3) is 2.93. The van der Waals surface area contributed by atoms with Crippen molar-refractivity contribution >= 4 is 5.69 Å². The molecular formula is C17H20FNO. The lowest BCUT2D eigenvalue weighted by Gasteiger charge is -2.31.